The average molecular weight is 347 g/mol. The second-order valence-electron chi connectivity index (χ2n) is 6.53. The van der Waals surface area contributed by atoms with Gasteiger partial charge in [0.05, 0.1) is 0 Å². The lowest BCUT2D eigenvalue weighted by atomic mass is 9.98. The van der Waals surface area contributed by atoms with Crippen LogP contribution in [0.5, 0.6) is 0 Å². The zero-order valence-electron chi connectivity index (χ0n) is 14.6. The molecule has 1 heterocycles. The Kier molecular flexibility index (Phi) is 3.76. The molecule has 0 radical (unpaired) electrons. The van der Waals surface area contributed by atoms with Crippen molar-refractivity contribution < 1.29 is 0 Å². The number of hydrogen-bond donors (Lipinski definition) is 1. The van der Waals surface area contributed by atoms with E-state index in [-0.39, 0.29) is 0 Å². The first-order valence-electron chi connectivity index (χ1n) is 8.94. The van der Waals surface area contributed by atoms with Crippen LogP contribution in [0.1, 0.15) is 11.1 Å². The number of hydrogen-bond acceptors (Lipinski definition) is 2. The average Bonchev–Trinajstić information content (AvgIpc) is 3.23. The highest BCUT2D eigenvalue weighted by atomic mass is 15.3. The molecule has 0 unspecified atom stereocenters. The van der Waals surface area contributed by atoms with Gasteiger partial charge in [-0.1, -0.05) is 91.0 Å². The largest absolute Gasteiger partial charge is 0.197 e. The lowest BCUT2D eigenvalue weighted by Gasteiger charge is -2.06. The molecule has 1 N–H and O–H groups in total. The molecule has 0 aliphatic carbocycles. The molecule has 0 aliphatic rings. The Balaban J connectivity index is 1.55. The van der Waals surface area contributed by atoms with Gasteiger partial charge in [0, 0.05) is 10.9 Å². The van der Waals surface area contributed by atoms with Gasteiger partial charge in [-0.15, -0.1) is 0 Å². The summed E-state index contributed by atoms with van der Waals surface area (Å²) in [6, 6.07) is 29.3. The highest BCUT2D eigenvalue weighted by Crippen LogP contribution is 2.32. The van der Waals surface area contributed by atoms with Crippen LogP contribution in [0, 0.1) is 0 Å². The molecule has 0 aliphatic heterocycles. The van der Waals surface area contributed by atoms with Gasteiger partial charge in [-0.3, -0.25) is 0 Å². The predicted molar refractivity (Wildman–Crippen MR) is 112 cm³/mol. The minimum absolute atomic E-state index is 0.904. The number of H-pyrrole nitrogens is 1. The SMILES string of the molecule is C(=Cc1ccc(-c2cc3ccccc3c3n[nH]nc23)cc1)c1ccccc1. The van der Waals surface area contributed by atoms with Crippen molar-refractivity contribution in [2.45, 2.75) is 0 Å². The van der Waals surface area contributed by atoms with E-state index >= 15 is 0 Å². The summed E-state index contributed by atoms with van der Waals surface area (Å²) >= 11 is 0. The molecule has 0 amide bonds. The molecule has 5 rings (SSSR count). The van der Waals surface area contributed by atoms with Crippen LogP contribution in [0.4, 0.5) is 0 Å². The van der Waals surface area contributed by atoms with E-state index < -0.39 is 0 Å². The Morgan fingerprint density at radius 2 is 1.30 bits per heavy atom. The van der Waals surface area contributed by atoms with E-state index in [2.05, 4.69) is 88.2 Å². The third kappa shape index (κ3) is 2.89. The Hall–Kier alpha value is -3.72. The monoisotopic (exact) mass is 347 g/mol. The smallest absolute Gasteiger partial charge is 0.121 e. The molecule has 128 valence electrons. The third-order valence-electron chi connectivity index (χ3n) is 4.81. The van der Waals surface area contributed by atoms with Gasteiger partial charge < -0.3 is 0 Å². The zero-order valence-corrected chi connectivity index (χ0v) is 14.6. The molecule has 3 nitrogen and oxygen atoms in total. The van der Waals surface area contributed by atoms with Crippen molar-refractivity contribution >= 4 is 34.0 Å². The van der Waals surface area contributed by atoms with E-state index in [1.54, 1.807) is 0 Å². The van der Waals surface area contributed by atoms with E-state index in [1.165, 1.54) is 16.5 Å². The van der Waals surface area contributed by atoms with Crippen LogP contribution in [0.2, 0.25) is 0 Å². The fourth-order valence-corrected chi connectivity index (χ4v) is 3.42. The molecule has 27 heavy (non-hydrogen) atoms. The summed E-state index contributed by atoms with van der Waals surface area (Å²) in [5.41, 5.74) is 6.41. The molecule has 0 atom stereocenters. The van der Waals surface area contributed by atoms with Gasteiger partial charge in [0.1, 0.15) is 11.0 Å². The Morgan fingerprint density at radius 3 is 2.11 bits per heavy atom. The summed E-state index contributed by atoms with van der Waals surface area (Å²) in [7, 11) is 0. The van der Waals surface area contributed by atoms with E-state index in [0.717, 1.165) is 27.5 Å². The predicted octanol–water partition coefficient (Wildman–Crippen LogP) is 5.95. The Labute approximate surface area is 157 Å². The van der Waals surface area contributed by atoms with Crippen LogP contribution in [-0.4, -0.2) is 15.4 Å². The van der Waals surface area contributed by atoms with Crippen molar-refractivity contribution in [3.63, 3.8) is 0 Å². The van der Waals surface area contributed by atoms with Crippen LogP contribution in [0.25, 0.3) is 45.1 Å². The number of rotatable bonds is 3. The Morgan fingerprint density at radius 1 is 0.630 bits per heavy atom. The molecule has 0 spiro atoms. The summed E-state index contributed by atoms with van der Waals surface area (Å²) in [6.45, 7) is 0. The molecule has 4 aromatic carbocycles. The molecule has 0 fully saturated rings. The van der Waals surface area contributed by atoms with Crippen molar-refractivity contribution in [1.29, 1.82) is 0 Å². The fraction of sp³-hybridized carbons (Fsp3) is 0. The molecule has 3 heteroatoms. The van der Waals surface area contributed by atoms with Gasteiger partial charge in [-0.2, -0.15) is 15.4 Å². The van der Waals surface area contributed by atoms with Gasteiger partial charge in [0.15, 0.2) is 0 Å². The Bertz CT molecular complexity index is 1250. The van der Waals surface area contributed by atoms with E-state index in [0.29, 0.717) is 0 Å². The first-order valence-corrected chi connectivity index (χ1v) is 8.94. The molecule has 0 saturated carbocycles. The number of nitrogens with one attached hydrogen (secondary N) is 1. The highest BCUT2D eigenvalue weighted by molar-refractivity contribution is 6.10. The minimum atomic E-state index is 0.904. The topological polar surface area (TPSA) is 41.6 Å². The van der Waals surface area contributed by atoms with Crippen molar-refractivity contribution in [3.8, 4) is 11.1 Å². The van der Waals surface area contributed by atoms with Crippen LogP contribution in [0.3, 0.4) is 0 Å². The lowest BCUT2D eigenvalue weighted by Crippen LogP contribution is -1.84. The molecule has 1 aromatic heterocycles. The number of benzene rings is 4. The number of aromatic amines is 1. The van der Waals surface area contributed by atoms with E-state index in [1.807, 2.05) is 24.3 Å². The van der Waals surface area contributed by atoms with Crippen molar-refractivity contribution in [3.05, 3.63) is 96.1 Å². The van der Waals surface area contributed by atoms with Crippen LogP contribution < -0.4 is 0 Å². The third-order valence-corrected chi connectivity index (χ3v) is 4.81. The summed E-state index contributed by atoms with van der Waals surface area (Å²) in [4.78, 5) is 0. The summed E-state index contributed by atoms with van der Waals surface area (Å²) < 4.78 is 0. The van der Waals surface area contributed by atoms with Crippen LogP contribution >= 0.6 is 0 Å². The molecule has 5 aromatic rings. The maximum atomic E-state index is 4.39. The molecular formula is C24H17N3. The molecular weight excluding hydrogens is 330 g/mol. The number of fused-ring (bicyclic) bond motifs is 3. The summed E-state index contributed by atoms with van der Waals surface area (Å²) in [6.07, 6.45) is 4.26. The first kappa shape index (κ1) is 15.5. The number of nitrogens with zero attached hydrogens (tertiary/aromatic N) is 2. The summed E-state index contributed by atoms with van der Waals surface area (Å²) in [5, 5.41) is 13.8. The second kappa shape index (κ2) is 6.54. The quantitative estimate of drug-likeness (QED) is 0.410. The lowest BCUT2D eigenvalue weighted by molar-refractivity contribution is 0.960. The fourth-order valence-electron chi connectivity index (χ4n) is 3.42. The maximum Gasteiger partial charge on any atom is 0.121 e. The molecule has 0 saturated heterocycles. The van der Waals surface area contributed by atoms with Crippen molar-refractivity contribution in [2.75, 3.05) is 0 Å². The second-order valence-corrected chi connectivity index (χ2v) is 6.53. The number of aromatic nitrogens is 3. The van der Waals surface area contributed by atoms with Crippen molar-refractivity contribution in [1.82, 2.24) is 15.4 Å². The first-order chi connectivity index (χ1) is 13.4. The van der Waals surface area contributed by atoms with E-state index in [9.17, 15) is 0 Å². The highest BCUT2D eigenvalue weighted by Gasteiger charge is 2.11. The van der Waals surface area contributed by atoms with Gasteiger partial charge in [0.2, 0.25) is 0 Å². The maximum absolute atomic E-state index is 4.39. The summed E-state index contributed by atoms with van der Waals surface area (Å²) in [5.74, 6) is 0. The van der Waals surface area contributed by atoms with E-state index in [4.69, 9.17) is 0 Å². The van der Waals surface area contributed by atoms with Crippen molar-refractivity contribution in [2.24, 2.45) is 0 Å². The van der Waals surface area contributed by atoms with Gasteiger partial charge in [-0.25, -0.2) is 0 Å². The normalized spacial score (nSPS) is 11.6. The standard InChI is InChI=1S/C24H17N3/c1-2-6-17(7-3-1)10-11-18-12-14-19(15-13-18)22-16-20-8-4-5-9-21(20)23-24(22)26-27-25-23/h1-16H,(H,25,26,27). The molecule has 0 bridgehead atoms. The van der Waals surface area contributed by atoms with Gasteiger partial charge in [-0.05, 0) is 28.1 Å². The van der Waals surface area contributed by atoms with Gasteiger partial charge >= 0.3 is 0 Å². The van der Waals surface area contributed by atoms with Crippen LogP contribution in [-0.2, 0) is 0 Å². The minimum Gasteiger partial charge on any atom is -0.197 e. The van der Waals surface area contributed by atoms with Gasteiger partial charge in [0.25, 0.3) is 0 Å². The zero-order chi connectivity index (χ0) is 18.1. The van der Waals surface area contributed by atoms with Crippen LogP contribution in [0.15, 0.2) is 84.9 Å².